The molecule has 2 N–H and O–H groups in total. The van der Waals surface area contributed by atoms with E-state index in [9.17, 15) is 4.79 Å². The number of para-hydroxylation sites is 2. The van der Waals surface area contributed by atoms with Gasteiger partial charge in [0.25, 0.3) is 0 Å². The van der Waals surface area contributed by atoms with Crippen molar-refractivity contribution in [3.05, 3.63) is 53.6 Å². The van der Waals surface area contributed by atoms with Crippen molar-refractivity contribution in [3.8, 4) is 11.5 Å². The van der Waals surface area contributed by atoms with E-state index in [-0.39, 0.29) is 6.03 Å². The molecule has 0 atom stereocenters. The van der Waals surface area contributed by atoms with E-state index in [2.05, 4.69) is 16.7 Å². The lowest BCUT2D eigenvalue weighted by Gasteiger charge is -2.12. The summed E-state index contributed by atoms with van der Waals surface area (Å²) in [5.41, 5.74) is 2.91. The van der Waals surface area contributed by atoms with Gasteiger partial charge in [-0.25, -0.2) is 4.79 Å². The Morgan fingerprint density at radius 3 is 2.61 bits per heavy atom. The Balaban J connectivity index is 1.76. The van der Waals surface area contributed by atoms with Crippen LogP contribution in [0.1, 0.15) is 11.1 Å². The summed E-state index contributed by atoms with van der Waals surface area (Å²) in [4.78, 5) is 11.9. The summed E-state index contributed by atoms with van der Waals surface area (Å²) >= 11 is 0. The molecule has 0 heterocycles. The van der Waals surface area contributed by atoms with Gasteiger partial charge in [-0.05, 0) is 37.6 Å². The van der Waals surface area contributed by atoms with Gasteiger partial charge in [0.05, 0.1) is 19.3 Å². The fourth-order valence-electron chi connectivity index (χ4n) is 2.20. The Morgan fingerprint density at radius 1 is 1.09 bits per heavy atom. The highest BCUT2D eigenvalue weighted by atomic mass is 16.5. The summed E-state index contributed by atoms with van der Waals surface area (Å²) in [6, 6.07) is 13.0. The Bertz CT molecular complexity index is 671. The minimum absolute atomic E-state index is 0.293. The number of anilines is 1. The van der Waals surface area contributed by atoms with Crippen LogP contribution in [0.5, 0.6) is 11.5 Å². The highest BCUT2D eigenvalue weighted by molar-refractivity contribution is 5.90. The Kier molecular flexibility index (Phi) is 5.86. The number of urea groups is 1. The van der Waals surface area contributed by atoms with E-state index < -0.39 is 0 Å². The quantitative estimate of drug-likeness (QED) is 0.802. The smallest absolute Gasteiger partial charge is 0.319 e. The van der Waals surface area contributed by atoms with E-state index >= 15 is 0 Å². The van der Waals surface area contributed by atoms with Gasteiger partial charge in [-0.3, -0.25) is 0 Å². The van der Waals surface area contributed by atoms with Gasteiger partial charge in [-0.15, -0.1) is 0 Å². The molecule has 2 rings (SSSR count). The number of carbonyl (C=O) groups excluding carboxylic acids is 1. The molecule has 0 aliphatic heterocycles. The van der Waals surface area contributed by atoms with Gasteiger partial charge in [0.1, 0.15) is 18.1 Å². The van der Waals surface area contributed by atoms with Crippen LogP contribution in [-0.4, -0.2) is 26.3 Å². The first-order valence-electron chi connectivity index (χ1n) is 7.48. The number of amides is 2. The molecule has 0 aromatic heterocycles. The fourth-order valence-corrected chi connectivity index (χ4v) is 2.20. The molecule has 0 saturated carbocycles. The van der Waals surface area contributed by atoms with Crippen molar-refractivity contribution in [2.24, 2.45) is 0 Å². The summed E-state index contributed by atoms with van der Waals surface area (Å²) in [5.74, 6) is 1.46. The van der Waals surface area contributed by atoms with Gasteiger partial charge < -0.3 is 20.1 Å². The Hall–Kier alpha value is -2.69. The number of hydrogen-bond acceptors (Lipinski definition) is 3. The Morgan fingerprint density at radius 2 is 1.87 bits per heavy atom. The van der Waals surface area contributed by atoms with E-state index in [1.54, 1.807) is 19.2 Å². The zero-order chi connectivity index (χ0) is 16.7. The number of methoxy groups -OCH3 is 1. The minimum atomic E-state index is -0.293. The van der Waals surface area contributed by atoms with Crippen molar-refractivity contribution in [3.63, 3.8) is 0 Å². The van der Waals surface area contributed by atoms with Gasteiger partial charge in [-0.1, -0.05) is 29.8 Å². The van der Waals surface area contributed by atoms with Crippen LogP contribution in [0.15, 0.2) is 42.5 Å². The van der Waals surface area contributed by atoms with Crippen LogP contribution >= 0.6 is 0 Å². The summed E-state index contributed by atoms with van der Waals surface area (Å²) in [5, 5.41) is 5.50. The summed E-state index contributed by atoms with van der Waals surface area (Å²) in [6.45, 7) is 4.86. The molecule has 122 valence electrons. The van der Waals surface area contributed by atoms with Crippen molar-refractivity contribution < 1.29 is 14.3 Å². The zero-order valence-corrected chi connectivity index (χ0v) is 13.7. The topological polar surface area (TPSA) is 59.6 Å². The summed E-state index contributed by atoms with van der Waals surface area (Å²) < 4.78 is 10.9. The maximum absolute atomic E-state index is 11.9. The van der Waals surface area contributed by atoms with E-state index in [1.165, 1.54) is 5.56 Å². The largest absolute Gasteiger partial charge is 0.495 e. The molecule has 0 fully saturated rings. The summed E-state index contributed by atoms with van der Waals surface area (Å²) in [7, 11) is 1.57. The van der Waals surface area contributed by atoms with Crippen LogP contribution in [0.25, 0.3) is 0 Å². The molecule has 23 heavy (non-hydrogen) atoms. The van der Waals surface area contributed by atoms with Crippen molar-refractivity contribution in [1.82, 2.24) is 5.32 Å². The maximum atomic E-state index is 11.9. The standard InChI is InChI=1S/C18H22N2O3/c1-13-8-9-16(14(2)12-13)23-11-10-19-18(21)20-15-6-4-5-7-17(15)22-3/h4-9,12H,10-11H2,1-3H3,(H2,19,20,21). The number of hydrogen-bond donors (Lipinski definition) is 2. The molecule has 0 aliphatic rings. The van der Waals surface area contributed by atoms with Crippen molar-refractivity contribution in [1.29, 1.82) is 0 Å². The van der Waals surface area contributed by atoms with Gasteiger partial charge in [-0.2, -0.15) is 0 Å². The normalized spacial score (nSPS) is 10.0. The molecule has 5 heteroatoms. The molecular weight excluding hydrogens is 292 g/mol. The average Bonchev–Trinajstić information content (AvgIpc) is 2.53. The van der Waals surface area contributed by atoms with Gasteiger partial charge in [0.2, 0.25) is 0 Å². The lowest BCUT2D eigenvalue weighted by atomic mass is 10.1. The number of aryl methyl sites for hydroxylation is 2. The first-order chi connectivity index (χ1) is 11.1. The predicted molar refractivity (Wildman–Crippen MR) is 91.4 cm³/mol. The predicted octanol–water partition coefficient (Wildman–Crippen LogP) is 3.51. The second-order valence-electron chi connectivity index (χ2n) is 5.20. The fraction of sp³-hybridized carbons (Fsp3) is 0.278. The minimum Gasteiger partial charge on any atom is -0.495 e. The molecule has 0 saturated heterocycles. The molecule has 2 amide bonds. The van der Waals surface area contributed by atoms with E-state index in [1.807, 2.05) is 38.1 Å². The zero-order valence-electron chi connectivity index (χ0n) is 13.7. The first kappa shape index (κ1) is 16.7. The van der Waals surface area contributed by atoms with Crippen LogP contribution in [-0.2, 0) is 0 Å². The molecule has 0 radical (unpaired) electrons. The lowest BCUT2D eigenvalue weighted by molar-refractivity contribution is 0.247. The first-order valence-corrected chi connectivity index (χ1v) is 7.48. The average molecular weight is 314 g/mol. The second-order valence-corrected chi connectivity index (χ2v) is 5.20. The van der Waals surface area contributed by atoms with Crippen LogP contribution in [0, 0.1) is 13.8 Å². The lowest BCUT2D eigenvalue weighted by Crippen LogP contribution is -2.32. The molecular formula is C18H22N2O3. The molecule has 5 nitrogen and oxygen atoms in total. The van der Waals surface area contributed by atoms with E-state index in [0.29, 0.717) is 24.6 Å². The highest BCUT2D eigenvalue weighted by Crippen LogP contribution is 2.22. The molecule has 2 aromatic rings. The van der Waals surface area contributed by atoms with Crippen molar-refractivity contribution in [2.75, 3.05) is 25.6 Å². The van der Waals surface area contributed by atoms with Crippen LogP contribution in [0.2, 0.25) is 0 Å². The molecule has 0 aliphatic carbocycles. The number of rotatable bonds is 6. The number of ether oxygens (including phenoxy) is 2. The van der Waals surface area contributed by atoms with Crippen LogP contribution in [0.4, 0.5) is 10.5 Å². The van der Waals surface area contributed by atoms with Gasteiger partial charge in [0, 0.05) is 0 Å². The third-order valence-corrected chi connectivity index (χ3v) is 3.33. The number of carbonyl (C=O) groups is 1. The van der Waals surface area contributed by atoms with Crippen molar-refractivity contribution >= 4 is 11.7 Å². The highest BCUT2D eigenvalue weighted by Gasteiger charge is 2.06. The number of nitrogens with one attached hydrogen (secondary N) is 2. The van der Waals surface area contributed by atoms with Crippen molar-refractivity contribution in [2.45, 2.75) is 13.8 Å². The van der Waals surface area contributed by atoms with E-state index in [0.717, 1.165) is 11.3 Å². The maximum Gasteiger partial charge on any atom is 0.319 e. The molecule has 0 unspecified atom stereocenters. The van der Waals surface area contributed by atoms with E-state index in [4.69, 9.17) is 9.47 Å². The molecule has 0 spiro atoms. The Labute approximate surface area is 136 Å². The SMILES string of the molecule is COc1ccccc1NC(=O)NCCOc1ccc(C)cc1C. The van der Waals surface area contributed by atoms with Crippen LogP contribution in [0.3, 0.4) is 0 Å². The second kappa shape index (κ2) is 8.08. The van der Waals surface area contributed by atoms with Gasteiger partial charge in [0.15, 0.2) is 0 Å². The monoisotopic (exact) mass is 314 g/mol. The number of benzene rings is 2. The van der Waals surface area contributed by atoms with Crippen LogP contribution < -0.4 is 20.1 Å². The third kappa shape index (κ3) is 4.92. The summed E-state index contributed by atoms with van der Waals surface area (Å²) in [6.07, 6.45) is 0. The molecule has 0 bridgehead atoms. The third-order valence-electron chi connectivity index (χ3n) is 3.33. The van der Waals surface area contributed by atoms with Gasteiger partial charge >= 0.3 is 6.03 Å². The molecule has 2 aromatic carbocycles.